The molecule has 4 heteroatoms. The molecule has 0 aliphatic carbocycles. The fraction of sp³-hybridized carbons (Fsp3) is 0.105. The van der Waals surface area contributed by atoms with Crippen molar-refractivity contribution in [1.82, 2.24) is 4.98 Å². The summed E-state index contributed by atoms with van der Waals surface area (Å²) in [6.45, 7) is 1.93. The minimum absolute atomic E-state index is 0.461. The van der Waals surface area contributed by atoms with Crippen LogP contribution in [0.1, 0.15) is 11.1 Å². The number of hydrogen-bond donors (Lipinski definition) is 0. The fourth-order valence-electron chi connectivity index (χ4n) is 2.49. The highest BCUT2D eigenvalue weighted by atomic mass is 19.4. The van der Waals surface area contributed by atoms with Gasteiger partial charge in [-0.25, -0.2) is 0 Å². The first-order valence-corrected chi connectivity index (χ1v) is 7.15. The van der Waals surface area contributed by atoms with Crippen LogP contribution < -0.4 is 0 Å². The molecule has 1 heterocycles. The second-order valence-electron chi connectivity index (χ2n) is 5.33. The van der Waals surface area contributed by atoms with Gasteiger partial charge < -0.3 is 0 Å². The number of benzene rings is 2. The van der Waals surface area contributed by atoms with Gasteiger partial charge in [0.05, 0.1) is 11.3 Å². The molecule has 0 aliphatic heterocycles. The predicted molar refractivity (Wildman–Crippen MR) is 84.8 cm³/mol. The monoisotopic (exact) mass is 313 g/mol. The Morgan fingerprint density at radius 3 is 2.17 bits per heavy atom. The lowest BCUT2D eigenvalue weighted by molar-refractivity contribution is -0.137. The van der Waals surface area contributed by atoms with Crippen molar-refractivity contribution in [3.8, 4) is 22.4 Å². The van der Waals surface area contributed by atoms with E-state index < -0.39 is 11.7 Å². The Morgan fingerprint density at radius 1 is 0.826 bits per heavy atom. The lowest BCUT2D eigenvalue weighted by Crippen LogP contribution is -2.04. The van der Waals surface area contributed by atoms with Crippen LogP contribution in [0.15, 0.2) is 66.9 Å². The largest absolute Gasteiger partial charge is 0.416 e. The average Bonchev–Trinajstić information content (AvgIpc) is 2.55. The summed E-state index contributed by atoms with van der Waals surface area (Å²) >= 11 is 0. The van der Waals surface area contributed by atoms with Crippen molar-refractivity contribution in [2.24, 2.45) is 0 Å². The molecule has 0 radical (unpaired) electrons. The van der Waals surface area contributed by atoms with Crippen LogP contribution in [0.5, 0.6) is 0 Å². The third kappa shape index (κ3) is 3.26. The smallest absolute Gasteiger partial charge is 0.256 e. The normalized spacial score (nSPS) is 11.5. The van der Waals surface area contributed by atoms with E-state index >= 15 is 0 Å². The van der Waals surface area contributed by atoms with Gasteiger partial charge in [-0.3, -0.25) is 4.98 Å². The Balaban J connectivity index is 2.01. The van der Waals surface area contributed by atoms with Crippen LogP contribution in [-0.2, 0) is 6.18 Å². The summed E-state index contributed by atoms with van der Waals surface area (Å²) in [7, 11) is 0. The minimum atomic E-state index is -4.35. The molecule has 0 saturated heterocycles. The van der Waals surface area contributed by atoms with Crippen LogP contribution >= 0.6 is 0 Å². The molecule has 116 valence electrons. The topological polar surface area (TPSA) is 12.9 Å². The van der Waals surface area contributed by atoms with E-state index in [1.807, 2.05) is 43.3 Å². The highest BCUT2D eigenvalue weighted by Gasteiger charge is 2.30. The lowest BCUT2D eigenvalue weighted by atomic mass is 10.00. The van der Waals surface area contributed by atoms with Crippen LogP contribution in [0.4, 0.5) is 13.2 Å². The van der Waals surface area contributed by atoms with Crippen molar-refractivity contribution in [3.63, 3.8) is 0 Å². The molecule has 1 nitrogen and oxygen atoms in total. The molecular weight excluding hydrogens is 299 g/mol. The summed E-state index contributed by atoms with van der Waals surface area (Å²) in [6, 6.07) is 16.8. The highest BCUT2D eigenvalue weighted by molar-refractivity contribution is 5.70. The molecule has 3 rings (SSSR count). The zero-order valence-electron chi connectivity index (χ0n) is 12.4. The first kappa shape index (κ1) is 15.3. The molecule has 23 heavy (non-hydrogen) atoms. The maximum Gasteiger partial charge on any atom is 0.416 e. The number of aromatic nitrogens is 1. The van der Waals surface area contributed by atoms with Gasteiger partial charge in [-0.15, -0.1) is 0 Å². The van der Waals surface area contributed by atoms with Gasteiger partial charge in [-0.2, -0.15) is 13.2 Å². The van der Waals surface area contributed by atoms with Crippen molar-refractivity contribution < 1.29 is 13.2 Å². The maximum absolute atomic E-state index is 12.8. The van der Waals surface area contributed by atoms with Gasteiger partial charge in [-0.05, 0) is 36.2 Å². The third-order valence-corrected chi connectivity index (χ3v) is 3.68. The van der Waals surface area contributed by atoms with E-state index in [1.165, 1.54) is 6.07 Å². The standard InChI is InChI=1S/C19H14F3N/c1-13-10-18(15-8-5-9-16(11-15)19(20,21)22)23-12-17(13)14-6-3-2-4-7-14/h2-12H,1H3. The van der Waals surface area contributed by atoms with Crippen molar-refractivity contribution in [3.05, 3.63) is 78.0 Å². The summed E-state index contributed by atoms with van der Waals surface area (Å²) in [5, 5.41) is 0. The summed E-state index contributed by atoms with van der Waals surface area (Å²) < 4.78 is 38.5. The molecule has 0 unspecified atom stereocenters. The molecule has 1 aromatic heterocycles. The zero-order chi connectivity index (χ0) is 16.4. The van der Waals surface area contributed by atoms with Crippen molar-refractivity contribution >= 4 is 0 Å². The molecule has 0 bridgehead atoms. The molecule has 0 saturated carbocycles. The molecule has 0 amide bonds. The number of alkyl halides is 3. The quantitative estimate of drug-likeness (QED) is 0.587. The molecule has 0 fully saturated rings. The van der Waals surface area contributed by atoms with Crippen molar-refractivity contribution in [1.29, 1.82) is 0 Å². The Bertz CT molecular complexity index is 824. The van der Waals surface area contributed by atoms with E-state index in [2.05, 4.69) is 4.98 Å². The van der Waals surface area contributed by atoms with E-state index in [1.54, 1.807) is 12.3 Å². The van der Waals surface area contributed by atoms with Gasteiger partial charge in [0, 0.05) is 17.3 Å². The van der Waals surface area contributed by atoms with E-state index in [9.17, 15) is 13.2 Å². The van der Waals surface area contributed by atoms with Crippen LogP contribution in [0, 0.1) is 6.92 Å². The molecule has 0 spiro atoms. The number of rotatable bonds is 2. The maximum atomic E-state index is 12.8. The number of pyridine rings is 1. The Hall–Kier alpha value is -2.62. The van der Waals surface area contributed by atoms with Gasteiger partial charge in [0.15, 0.2) is 0 Å². The van der Waals surface area contributed by atoms with Crippen LogP contribution in [0.3, 0.4) is 0 Å². The number of hydrogen-bond acceptors (Lipinski definition) is 1. The second kappa shape index (κ2) is 5.88. The molecular formula is C19H14F3N. The van der Waals surface area contributed by atoms with Gasteiger partial charge in [0.25, 0.3) is 0 Å². The Kier molecular flexibility index (Phi) is 3.90. The van der Waals surface area contributed by atoms with Gasteiger partial charge in [0.2, 0.25) is 0 Å². The Morgan fingerprint density at radius 2 is 1.52 bits per heavy atom. The third-order valence-electron chi connectivity index (χ3n) is 3.68. The van der Waals surface area contributed by atoms with E-state index in [-0.39, 0.29) is 0 Å². The summed E-state index contributed by atoms with van der Waals surface area (Å²) in [5.41, 5.74) is 3.31. The summed E-state index contributed by atoms with van der Waals surface area (Å²) in [4.78, 5) is 4.34. The first-order chi connectivity index (χ1) is 10.9. The highest BCUT2D eigenvalue weighted by Crippen LogP contribution is 2.32. The number of aryl methyl sites for hydroxylation is 1. The first-order valence-electron chi connectivity index (χ1n) is 7.15. The Labute approximate surface area is 132 Å². The lowest BCUT2D eigenvalue weighted by Gasteiger charge is -2.11. The van der Waals surface area contributed by atoms with E-state index in [0.29, 0.717) is 11.3 Å². The average molecular weight is 313 g/mol. The van der Waals surface area contributed by atoms with Crippen molar-refractivity contribution in [2.45, 2.75) is 13.1 Å². The van der Waals surface area contributed by atoms with Crippen molar-refractivity contribution in [2.75, 3.05) is 0 Å². The van der Waals surface area contributed by atoms with Gasteiger partial charge >= 0.3 is 6.18 Å². The molecule has 2 aromatic carbocycles. The van der Waals surface area contributed by atoms with Crippen LogP contribution in [0.25, 0.3) is 22.4 Å². The van der Waals surface area contributed by atoms with E-state index in [0.717, 1.165) is 28.8 Å². The minimum Gasteiger partial charge on any atom is -0.256 e. The molecule has 0 N–H and O–H groups in total. The summed E-state index contributed by atoms with van der Waals surface area (Å²) in [5.74, 6) is 0. The molecule has 3 aromatic rings. The molecule has 0 aliphatic rings. The second-order valence-corrected chi connectivity index (χ2v) is 5.33. The number of halogens is 3. The van der Waals surface area contributed by atoms with Crippen LogP contribution in [0.2, 0.25) is 0 Å². The molecule has 0 atom stereocenters. The zero-order valence-corrected chi connectivity index (χ0v) is 12.4. The SMILES string of the molecule is Cc1cc(-c2cccc(C(F)(F)F)c2)ncc1-c1ccccc1. The van der Waals surface area contributed by atoms with Gasteiger partial charge in [-0.1, -0.05) is 42.5 Å². The predicted octanol–water partition coefficient (Wildman–Crippen LogP) is 5.74. The summed E-state index contributed by atoms with van der Waals surface area (Å²) in [6.07, 6.45) is -2.64. The number of nitrogens with zero attached hydrogens (tertiary/aromatic N) is 1. The fourth-order valence-corrected chi connectivity index (χ4v) is 2.49. The van der Waals surface area contributed by atoms with Gasteiger partial charge in [0.1, 0.15) is 0 Å². The van der Waals surface area contributed by atoms with E-state index in [4.69, 9.17) is 0 Å². The van der Waals surface area contributed by atoms with Crippen LogP contribution in [-0.4, -0.2) is 4.98 Å².